The van der Waals surface area contributed by atoms with Gasteiger partial charge in [-0.05, 0) is 65.8 Å². The van der Waals surface area contributed by atoms with Gasteiger partial charge in [0.1, 0.15) is 0 Å². The molecule has 1 heterocycles. The Morgan fingerprint density at radius 3 is 2.55 bits per heavy atom. The van der Waals surface area contributed by atoms with Crippen molar-refractivity contribution < 1.29 is 9.59 Å². The summed E-state index contributed by atoms with van der Waals surface area (Å²) >= 11 is 2.20. The predicted octanol–water partition coefficient (Wildman–Crippen LogP) is 3.72. The van der Waals surface area contributed by atoms with Crippen LogP contribution in [0.25, 0.3) is 0 Å². The molecule has 0 radical (unpaired) electrons. The van der Waals surface area contributed by atoms with Crippen molar-refractivity contribution in [3.05, 3.63) is 63.2 Å². The summed E-state index contributed by atoms with van der Waals surface area (Å²) in [5, 5.41) is 0. The molecule has 3 nitrogen and oxygen atoms in total. The second-order valence-corrected chi connectivity index (χ2v) is 6.88. The zero-order chi connectivity index (χ0) is 15.7. The van der Waals surface area contributed by atoms with Gasteiger partial charge >= 0.3 is 0 Å². The predicted molar refractivity (Wildman–Crippen MR) is 94.6 cm³/mol. The van der Waals surface area contributed by atoms with Gasteiger partial charge in [-0.25, -0.2) is 0 Å². The van der Waals surface area contributed by atoms with Crippen LogP contribution in [0.5, 0.6) is 0 Å². The molecule has 4 heteroatoms. The lowest BCUT2D eigenvalue weighted by molar-refractivity contribution is -0.122. The molecule has 112 valence electrons. The number of imide groups is 1. The molecule has 0 spiro atoms. The zero-order valence-corrected chi connectivity index (χ0v) is 14.4. The van der Waals surface area contributed by atoms with Crippen LogP contribution in [0, 0.1) is 16.4 Å². The van der Waals surface area contributed by atoms with Gasteiger partial charge < -0.3 is 0 Å². The van der Waals surface area contributed by atoms with Crippen molar-refractivity contribution in [1.82, 2.24) is 0 Å². The molecule has 0 bridgehead atoms. The van der Waals surface area contributed by atoms with Crippen molar-refractivity contribution in [3.8, 4) is 0 Å². The number of carbonyl (C=O) groups is 2. The van der Waals surface area contributed by atoms with Crippen LogP contribution in [0.3, 0.4) is 0 Å². The highest BCUT2D eigenvalue weighted by Gasteiger charge is 2.39. The quantitative estimate of drug-likeness (QED) is 0.577. The summed E-state index contributed by atoms with van der Waals surface area (Å²) < 4.78 is 1.08. The van der Waals surface area contributed by atoms with E-state index in [1.165, 1.54) is 10.5 Å². The van der Waals surface area contributed by atoms with Gasteiger partial charge in [-0.1, -0.05) is 29.8 Å². The van der Waals surface area contributed by atoms with E-state index in [0.717, 1.165) is 9.13 Å². The van der Waals surface area contributed by atoms with Crippen molar-refractivity contribution in [2.75, 3.05) is 4.90 Å². The lowest BCUT2D eigenvalue weighted by atomic mass is 9.97. The maximum Gasteiger partial charge on any atom is 0.237 e. The molecule has 1 atom stereocenters. The molecule has 22 heavy (non-hydrogen) atoms. The van der Waals surface area contributed by atoms with E-state index < -0.39 is 0 Å². The second-order valence-electron chi connectivity index (χ2n) is 5.64. The van der Waals surface area contributed by atoms with Gasteiger partial charge in [-0.3, -0.25) is 14.5 Å². The number of carbonyl (C=O) groups excluding carboxylic acids is 2. The van der Waals surface area contributed by atoms with Crippen molar-refractivity contribution in [1.29, 1.82) is 0 Å². The first-order valence-corrected chi connectivity index (χ1v) is 8.30. The Hall–Kier alpha value is -1.69. The maximum atomic E-state index is 12.6. The molecular weight excluding hydrogens is 389 g/mol. The molecule has 1 aliphatic rings. The van der Waals surface area contributed by atoms with Crippen LogP contribution in [-0.2, 0) is 16.0 Å². The summed E-state index contributed by atoms with van der Waals surface area (Å²) in [7, 11) is 0. The maximum absolute atomic E-state index is 12.6. The Kier molecular flexibility index (Phi) is 4.29. The monoisotopic (exact) mass is 405 g/mol. The first kappa shape index (κ1) is 15.2. The second kappa shape index (κ2) is 6.20. The summed E-state index contributed by atoms with van der Waals surface area (Å²) in [5.74, 6) is -0.454. The summed E-state index contributed by atoms with van der Waals surface area (Å²) in [4.78, 5) is 26.2. The Labute approximate surface area is 143 Å². The number of hydrogen-bond acceptors (Lipinski definition) is 2. The van der Waals surface area contributed by atoms with E-state index in [9.17, 15) is 9.59 Å². The summed E-state index contributed by atoms with van der Waals surface area (Å²) in [6.07, 6.45) is 0.909. The lowest BCUT2D eigenvalue weighted by Gasteiger charge is -2.15. The Morgan fingerprint density at radius 1 is 1.14 bits per heavy atom. The van der Waals surface area contributed by atoms with E-state index in [0.29, 0.717) is 18.5 Å². The van der Waals surface area contributed by atoms with Crippen molar-refractivity contribution in [3.63, 3.8) is 0 Å². The van der Waals surface area contributed by atoms with Gasteiger partial charge in [0.15, 0.2) is 0 Å². The van der Waals surface area contributed by atoms with Gasteiger partial charge in [-0.2, -0.15) is 0 Å². The molecule has 2 aromatic rings. The molecule has 1 unspecified atom stereocenters. The van der Waals surface area contributed by atoms with E-state index in [2.05, 4.69) is 28.7 Å². The number of halogens is 1. The number of aryl methyl sites for hydroxylation is 1. The smallest absolute Gasteiger partial charge is 0.237 e. The third-order valence-corrected chi connectivity index (χ3v) is 4.61. The Morgan fingerprint density at radius 2 is 1.86 bits per heavy atom. The first-order valence-electron chi connectivity index (χ1n) is 7.22. The van der Waals surface area contributed by atoms with Gasteiger partial charge in [0.05, 0.1) is 11.6 Å². The number of amides is 2. The van der Waals surface area contributed by atoms with Gasteiger partial charge in [0, 0.05) is 9.99 Å². The fraction of sp³-hybridized carbons (Fsp3) is 0.222. The minimum Gasteiger partial charge on any atom is -0.274 e. The van der Waals surface area contributed by atoms with Crippen molar-refractivity contribution in [2.45, 2.75) is 19.8 Å². The van der Waals surface area contributed by atoms with Crippen LogP contribution >= 0.6 is 22.6 Å². The van der Waals surface area contributed by atoms with Crippen molar-refractivity contribution in [2.24, 2.45) is 5.92 Å². The van der Waals surface area contributed by atoms with Crippen LogP contribution in [0.1, 0.15) is 17.5 Å². The molecule has 0 saturated carbocycles. The van der Waals surface area contributed by atoms with Crippen LogP contribution in [0.4, 0.5) is 5.69 Å². The molecule has 1 saturated heterocycles. The number of nitrogens with zero attached hydrogens (tertiary/aromatic N) is 1. The minimum atomic E-state index is -0.256. The van der Waals surface area contributed by atoms with Crippen LogP contribution in [0.2, 0.25) is 0 Å². The highest BCUT2D eigenvalue weighted by molar-refractivity contribution is 14.1. The molecule has 0 N–H and O–H groups in total. The number of hydrogen-bond donors (Lipinski definition) is 0. The standard InChI is InChI=1S/C18H16INO2/c1-12-3-2-4-13(9-12)10-14-11-17(21)20(18(14)22)16-7-5-15(19)6-8-16/h2-9,14H,10-11H2,1H3. The molecule has 2 aromatic carbocycles. The molecule has 0 aliphatic carbocycles. The first-order chi connectivity index (χ1) is 10.5. The molecule has 1 fully saturated rings. The molecular formula is C18H16INO2. The minimum absolute atomic E-state index is 0.0901. The number of benzene rings is 2. The molecule has 2 amide bonds. The Bertz CT molecular complexity index is 724. The van der Waals surface area contributed by atoms with E-state index >= 15 is 0 Å². The third kappa shape index (κ3) is 3.06. The number of anilines is 1. The zero-order valence-electron chi connectivity index (χ0n) is 12.3. The van der Waals surface area contributed by atoms with E-state index in [1.807, 2.05) is 49.4 Å². The lowest BCUT2D eigenvalue weighted by Crippen LogP contribution is -2.30. The topological polar surface area (TPSA) is 37.4 Å². The van der Waals surface area contributed by atoms with Gasteiger partial charge in [0.25, 0.3) is 0 Å². The average molecular weight is 405 g/mol. The fourth-order valence-corrected chi connectivity index (χ4v) is 3.20. The molecule has 1 aliphatic heterocycles. The normalized spacial score (nSPS) is 18.1. The van der Waals surface area contributed by atoms with Gasteiger partial charge in [-0.15, -0.1) is 0 Å². The largest absolute Gasteiger partial charge is 0.274 e. The average Bonchev–Trinajstić information content (AvgIpc) is 2.75. The Balaban J connectivity index is 1.81. The van der Waals surface area contributed by atoms with Gasteiger partial charge in [0.2, 0.25) is 11.8 Å². The highest BCUT2D eigenvalue weighted by atomic mass is 127. The van der Waals surface area contributed by atoms with E-state index in [1.54, 1.807) is 0 Å². The van der Waals surface area contributed by atoms with Crippen LogP contribution < -0.4 is 4.90 Å². The summed E-state index contributed by atoms with van der Waals surface area (Å²) in [6.45, 7) is 2.03. The molecule has 3 rings (SSSR count). The SMILES string of the molecule is Cc1cccc(CC2CC(=O)N(c3ccc(I)cc3)C2=O)c1. The summed E-state index contributed by atoms with van der Waals surface area (Å²) in [6, 6.07) is 15.6. The van der Waals surface area contributed by atoms with Crippen molar-refractivity contribution >= 4 is 40.1 Å². The molecule has 0 aromatic heterocycles. The number of rotatable bonds is 3. The van der Waals surface area contributed by atoms with E-state index in [4.69, 9.17) is 0 Å². The summed E-state index contributed by atoms with van der Waals surface area (Å²) in [5.41, 5.74) is 2.95. The fourth-order valence-electron chi connectivity index (χ4n) is 2.84. The van der Waals surface area contributed by atoms with E-state index in [-0.39, 0.29) is 17.7 Å². The van der Waals surface area contributed by atoms with Crippen LogP contribution in [-0.4, -0.2) is 11.8 Å². The van der Waals surface area contributed by atoms with Crippen LogP contribution in [0.15, 0.2) is 48.5 Å². The highest BCUT2D eigenvalue weighted by Crippen LogP contribution is 2.29. The third-order valence-electron chi connectivity index (χ3n) is 3.89.